The van der Waals surface area contributed by atoms with Gasteiger partial charge in [-0.2, -0.15) is 5.10 Å². The van der Waals surface area contributed by atoms with E-state index in [1.165, 1.54) is 17.1 Å². The van der Waals surface area contributed by atoms with Crippen LogP contribution in [0.5, 0.6) is 0 Å². The summed E-state index contributed by atoms with van der Waals surface area (Å²) in [5.41, 5.74) is 0. The molecule has 72 valence electrons. The van der Waals surface area contributed by atoms with Crippen LogP contribution < -0.4 is 5.30 Å². The van der Waals surface area contributed by atoms with Crippen molar-refractivity contribution in [2.75, 3.05) is 0 Å². The van der Waals surface area contributed by atoms with E-state index in [0.717, 1.165) is 0 Å². The summed E-state index contributed by atoms with van der Waals surface area (Å²) >= 11 is 0. The second-order valence-electron chi connectivity index (χ2n) is 2.39. The molecule has 0 saturated carbocycles. The molecule has 1 heterocycles. The number of aromatic nitrogens is 2. The summed E-state index contributed by atoms with van der Waals surface area (Å²) in [6, 6.07) is 0. The summed E-state index contributed by atoms with van der Waals surface area (Å²) in [7, 11) is -2.13. The minimum absolute atomic E-state index is 0.0318. The van der Waals surface area contributed by atoms with E-state index in [-0.39, 0.29) is 13.0 Å². The fraction of sp³-hybridized carbons (Fsp3) is 0.333. The first-order chi connectivity index (χ1) is 6.09. The Hall–Kier alpha value is -0.970. The highest BCUT2D eigenvalue weighted by molar-refractivity contribution is 7.53. The molecular weight excluding hydrogens is 195 g/mol. The third-order valence-corrected chi connectivity index (χ3v) is 2.10. The van der Waals surface area contributed by atoms with Crippen LogP contribution in [0.3, 0.4) is 0 Å². The largest absolute Gasteiger partial charge is 0.481 e. The van der Waals surface area contributed by atoms with Gasteiger partial charge < -0.3 is 14.9 Å². The molecule has 0 aliphatic rings. The minimum Gasteiger partial charge on any atom is -0.481 e. The Labute approximate surface area is 75.4 Å². The maximum atomic E-state index is 10.2. The fourth-order valence-corrected chi connectivity index (χ4v) is 1.18. The first kappa shape index (κ1) is 10.1. The van der Waals surface area contributed by atoms with Gasteiger partial charge >= 0.3 is 5.97 Å². The van der Waals surface area contributed by atoms with Crippen LogP contribution in [0.2, 0.25) is 0 Å². The first-order valence-corrected chi connectivity index (χ1v) is 4.76. The molecule has 3 N–H and O–H groups in total. The van der Waals surface area contributed by atoms with E-state index in [1.807, 2.05) is 0 Å². The van der Waals surface area contributed by atoms with E-state index in [0.29, 0.717) is 5.30 Å². The third-order valence-electron chi connectivity index (χ3n) is 1.41. The summed E-state index contributed by atoms with van der Waals surface area (Å²) in [5, 5.41) is 12.4. The van der Waals surface area contributed by atoms with E-state index >= 15 is 0 Å². The van der Waals surface area contributed by atoms with Crippen molar-refractivity contribution in [1.29, 1.82) is 0 Å². The lowest BCUT2D eigenvalue weighted by Gasteiger charge is -1.97. The van der Waals surface area contributed by atoms with Gasteiger partial charge in [0.15, 0.2) is 0 Å². The Kier molecular flexibility index (Phi) is 3.36. The minimum atomic E-state index is -2.13. The summed E-state index contributed by atoms with van der Waals surface area (Å²) in [5.74, 6) is -0.910. The van der Waals surface area contributed by atoms with Gasteiger partial charge in [-0.05, 0) is 0 Å². The summed E-state index contributed by atoms with van der Waals surface area (Å²) in [4.78, 5) is 27.7. The maximum Gasteiger partial charge on any atom is 0.305 e. The zero-order valence-electron chi connectivity index (χ0n) is 6.66. The van der Waals surface area contributed by atoms with Crippen LogP contribution in [-0.2, 0) is 11.3 Å². The van der Waals surface area contributed by atoms with Gasteiger partial charge in [0.25, 0.3) is 0 Å². The van der Waals surface area contributed by atoms with Crippen molar-refractivity contribution in [3.63, 3.8) is 0 Å². The van der Waals surface area contributed by atoms with E-state index in [9.17, 15) is 4.79 Å². The Balaban J connectivity index is 2.54. The average molecular weight is 204 g/mol. The number of hydrogen-bond acceptors (Lipinski definition) is 4. The molecule has 7 heteroatoms. The number of aliphatic carboxylic acids is 1. The second-order valence-corrected chi connectivity index (χ2v) is 3.49. The van der Waals surface area contributed by atoms with Crippen LogP contribution in [-0.4, -0.2) is 30.6 Å². The number of carboxylic acids is 1. The topological polar surface area (TPSA) is 95.6 Å². The summed E-state index contributed by atoms with van der Waals surface area (Å²) in [6.07, 6.45) is 2.71. The zero-order chi connectivity index (χ0) is 9.84. The van der Waals surface area contributed by atoms with Crippen LogP contribution >= 0.6 is 8.38 Å². The maximum absolute atomic E-state index is 10.2. The van der Waals surface area contributed by atoms with Gasteiger partial charge in [0.1, 0.15) is 0 Å². The Morgan fingerprint density at radius 3 is 2.77 bits per heavy atom. The zero-order valence-corrected chi connectivity index (χ0v) is 7.55. The van der Waals surface area contributed by atoms with Crippen molar-refractivity contribution >= 4 is 19.6 Å². The molecule has 0 atom stereocenters. The van der Waals surface area contributed by atoms with Crippen molar-refractivity contribution in [2.45, 2.75) is 13.0 Å². The standard InChI is InChI=1S/C6H9N2O4P/c9-6(10)1-2-8-4-5(3-7-8)13(11)12/h3-4,11-12H,1-2H2,(H,9,10). The normalized spacial score (nSPS) is 10.7. The van der Waals surface area contributed by atoms with Crippen molar-refractivity contribution in [3.8, 4) is 0 Å². The van der Waals surface area contributed by atoms with Gasteiger partial charge in [-0.3, -0.25) is 9.48 Å². The van der Waals surface area contributed by atoms with Gasteiger partial charge in [0, 0.05) is 6.20 Å². The van der Waals surface area contributed by atoms with E-state index in [1.54, 1.807) is 0 Å². The van der Waals surface area contributed by atoms with Crippen LogP contribution in [0.25, 0.3) is 0 Å². The molecule has 6 nitrogen and oxygen atoms in total. The van der Waals surface area contributed by atoms with Crippen molar-refractivity contribution in [1.82, 2.24) is 9.78 Å². The number of carboxylic acid groups (broad SMARTS) is 1. The predicted octanol–water partition coefficient (Wildman–Crippen LogP) is -0.720. The van der Waals surface area contributed by atoms with Crippen LogP contribution in [0.15, 0.2) is 12.4 Å². The lowest BCUT2D eigenvalue weighted by atomic mass is 10.4. The fourth-order valence-electron chi connectivity index (χ4n) is 0.788. The van der Waals surface area contributed by atoms with Crippen LogP contribution in [0.4, 0.5) is 0 Å². The van der Waals surface area contributed by atoms with Gasteiger partial charge in [-0.1, -0.05) is 0 Å². The molecule has 0 aromatic carbocycles. The highest BCUT2D eigenvalue weighted by Crippen LogP contribution is 2.20. The highest BCUT2D eigenvalue weighted by Gasteiger charge is 2.07. The molecule has 0 aliphatic carbocycles. The lowest BCUT2D eigenvalue weighted by Crippen LogP contribution is -2.05. The number of hydrogen-bond donors (Lipinski definition) is 3. The molecule has 1 aromatic heterocycles. The Morgan fingerprint density at radius 2 is 2.31 bits per heavy atom. The number of nitrogens with zero attached hydrogens (tertiary/aromatic N) is 2. The molecule has 13 heavy (non-hydrogen) atoms. The highest BCUT2D eigenvalue weighted by atomic mass is 31.2. The molecule has 0 radical (unpaired) electrons. The van der Waals surface area contributed by atoms with Crippen LogP contribution in [0.1, 0.15) is 6.42 Å². The molecule has 0 fully saturated rings. The molecule has 0 aliphatic heterocycles. The first-order valence-electron chi connectivity index (χ1n) is 3.51. The van der Waals surface area contributed by atoms with Gasteiger partial charge in [0.05, 0.1) is 24.5 Å². The lowest BCUT2D eigenvalue weighted by molar-refractivity contribution is -0.137. The molecule has 0 unspecified atom stereocenters. The van der Waals surface area contributed by atoms with E-state index in [2.05, 4.69) is 5.10 Å². The monoisotopic (exact) mass is 204 g/mol. The molecule has 1 aromatic rings. The molecule has 0 saturated heterocycles. The number of carbonyl (C=O) groups is 1. The molecule has 0 bridgehead atoms. The number of rotatable bonds is 4. The van der Waals surface area contributed by atoms with Gasteiger partial charge in [-0.15, -0.1) is 0 Å². The summed E-state index contributed by atoms with van der Waals surface area (Å²) in [6.45, 7) is 0.235. The number of aryl methyl sites for hydroxylation is 1. The third kappa shape index (κ3) is 3.10. The van der Waals surface area contributed by atoms with E-state index < -0.39 is 14.3 Å². The van der Waals surface area contributed by atoms with Gasteiger partial charge in [0.2, 0.25) is 8.38 Å². The van der Waals surface area contributed by atoms with Crippen LogP contribution in [0, 0.1) is 0 Å². The SMILES string of the molecule is O=C(O)CCn1cc(P(O)O)cn1. The second kappa shape index (κ2) is 4.32. The predicted molar refractivity (Wildman–Crippen MR) is 45.5 cm³/mol. The van der Waals surface area contributed by atoms with Crippen molar-refractivity contribution < 1.29 is 19.7 Å². The quantitative estimate of drug-likeness (QED) is 0.562. The Morgan fingerprint density at radius 1 is 1.62 bits per heavy atom. The molecule has 0 amide bonds. The average Bonchev–Trinajstić information content (AvgIpc) is 2.48. The molecular formula is C6H9N2O4P. The molecule has 0 spiro atoms. The summed E-state index contributed by atoms with van der Waals surface area (Å²) < 4.78 is 1.37. The van der Waals surface area contributed by atoms with Crippen molar-refractivity contribution in [2.24, 2.45) is 0 Å². The van der Waals surface area contributed by atoms with Crippen molar-refractivity contribution in [3.05, 3.63) is 12.4 Å². The Bertz CT molecular complexity index is 299. The molecule has 1 rings (SSSR count). The smallest absolute Gasteiger partial charge is 0.305 e. The van der Waals surface area contributed by atoms with Gasteiger partial charge in [-0.25, -0.2) is 0 Å². The van der Waals surface area contributed by atoms with E-state index in [4.69, 9.17) is 14.9 Å².